The zero-order chi connectivity index (χ0) is 27.1. The Morgan fingerprint density at radius 1 is 1.30 bits per heavy atom. The van der Waals surface area contributed by atoms with E-state index in [9.17, 15) is 18.7 Å². The molecule has 2 aliphatic rings. The minimum atomic E-state index is -2.61. The second kappa shape index (κ2) is 10.2. The van der Waals surface area contributed by atoms with E-state index in [1.807, 2.05) is 4.90 Å². The molecule has 8 nitrogen and oxygen atoms in total. The van der Waals surface area contributed by atoms with Gasteiger partial charge in [-0.2, -0.15) is 0 Å². The van der Waals surface area contributed by atoms with E-state index in [-0.39, 0.29) is 36.6 Å². The van der Waals surface area contributed by atoms with E-state index in [1.54, 1.807) is 39.1 Å². The second-order valence-corrected chi connectivity index (χ2v) is 10.6. The fraction of sp³-hybridized carbons (Fsp3) is 0.500. The number of hydrogen-bond acceptors (Lipinski definition) is 8. The molecule has 1 aliphatic heterocycles. The molecule has 1 aromatic heterocycles. The summed E-state index contributed by atoms with van der Waals surface area (Å²) in [4.78, 5) is 23.9. The minimum Gasteiger partial charge on any atom is -0.491 e. The minimum absolute atomic E-state index is 0.0667. The van der Waals surface area contributed by atoms with Gasteiger partial charge in [-0.3, -0.25) is 4.79 Å². The average molecular weight is 536 g/mol. The summed E-state index contributed by atoms with van der Waals surface area (Å²) in [5.41, 5.74) is 7.72. The number of allylic oxidation sites excluding steroid dienone is 2. The zero-order valence-electron chi connectivity index (χ0n) is 21.4. The van der Waals surface area contributed by atoms with Gasteiger partial charge in [0.1, 0.15) is 24.3 Å². The first kappa shape index (κ1) is 27.2. The number of aliphatic hydroxyl groups excluding tert-OH is 1. The van der Waals surface area contributed by atoms with Crippen molar-refractivity contribution in [3.63, 3.8) is 0 Å². The predicted octanol–water partition coefficient (Wildman–Crippen LogP) is 3.58. The number of likely N-dealkylation sites (N-methyl/N-ethyl adjacent to an activating group) is 1. The molecule has 2 heterocycles. The molecule has 200 valence electrons. The summed E-state index contributed by atoms with van der Waals surface area (Å²) in [6.07, 6.45) is -0.969. The molecule has 0 amide bonds. The highest BCUT2D eigenvalue weighted by atomic mass is 35.5. The molecule has 1 saturated heterocycles. The van der Waals surface area contributed by atoms with Gasteiger partial charge in [-0.25, -0.2) is 18.7 Å². The Balaban J connectivity index is 1.74. The lowest BCUT2D eigenvalue weighted by Gasteiger charge is -2.59. The number of aromatic nitrogens is 2. The average Bonchev–Trinajstić information content (AvgIpc) is 2.76. The highest BCUT2D eigenvalue weighted by Gasteiger charge is 2.62. The van der Waals surface area contributed by atoms with E-state index in [2.05, 4.69) is 5.32 Å². The van der Waals surface area contributed by atoms with E-state index in [0.717, 1.165) is 0 Å². The number of aliphatic hydroxyl groups is 1. The molecule has 4 rings (SSSR count). The van der Waals surface area contributed by atoms with E-state index in [1.165, 1.54) is 6.92 Å². The monoisotopic (exact) mass is 535 g/mol. The van der Waals surface area contributed by atoms with Crippen LogP contribution in [0.1, 0.15) is 37.9 Å². The van der Waals surface area contributed by atoms with Gasteiger partial charge in [0, 0.05) is 54.7 Å². The van der Waals surface area contributed by atoms with Crippen LogP contribution >= 0.6 is 11.6 Å². The molecule has 37 heavy (non-hydrogen) atoms. The number of carbonyl (C=O) groups is 1. The van der Waals surface area contributed by atoms with E-state index in [0.29, 0.717) is 58.7 Å². The molecule has 2 fully saturated rings. The molecule has 0 radical (unpaired) electrons. The molecule has 1 aromatic carbocycles. The smallest absolute Gasteiger partial charge is 0.249 e. The zero-order valence-corrected chi connectivity index (χ0v) is 22.1. The highest BCUT2D eigenvalue weighted by Crippen LogP contribution is 2.57. The number of Topliss-reactive ketones (excluding diaryl/α,β-unsaturated/α-hetero) is 1. The van der Waals surface area contributed by atoms with Crippen LogP contribution in [0, 0.1) is 12.3 Å². The first-order chi connectivity index (χ1) is 17.3. The van der Waals surface area contributed by atoms with Crippen LogP contribution in [0.4, 0.5) is 14.6 Å². The molecule has 0 unspecified atom stereocenters. The van der Waals surface area contributed by atoms with Crippen molar-refractivity contribution in [3.8, 4) is 17.1 Å². The fourth-order valence-electron chi connectivity index (χ4n) is 5.24. The number of halogens is 3. The number of ether oxygens (including phenoxy) is 1. The molecule has 0 bridgehead atoms. The first-order valence-electron chi connectivity index (χ1n) is 12.1. The van der Waals surface area contributed by atoms with Crippen LogP contribution in [0.3, 0.4) is 0 Å². The highest BCUT2D eigenvalue weighted by molar-refractivity contribution is 6.33. The molecular weight excluding hydrogens is 504 g/mol. The van der Waals surface area contributed by atoms with Gasteiger partial charge in [0.15, 0.2) is 11.6 Å². The Labute approximate surface area is 219 Å². The number of ketones is 1. The number of alkyl halides is 2. The van der Waals surface area contributed by atoms with Crippen LogP contribution in [0.15, 0.2) is 23.9 Å². The number of benzene rings is 1. The summed E-state index contributed by atoms with van der Waals surface area (Å²) in [5.74, 6) is -1.61. The molecule has 1 spiro atoms. The lowest BCUT2D eigenvalue weighted by atomic mass is 9.61. The van der Waals surface area contributed by atoms with Gasteiger partial charge >= 0.3 is 0 Å². The second-order valence-electron chi connectivity index (χ2n) is 10.2. The Hall–Kier alpha value is -2.82. The van der Waals surface area contributed by atoms with Crippen molar-refractivity contribution in [1.82, 2.24) is 15.3 Å². The van der Waals surface area contributed by atoms with Gasteiger partial charge < -0.3 is 25.8 Å². The number of hydrogen-bond donors (Lipinski definition) is 3. The SMILES string of the molecule is CNC[C@@H](O)COc1ccc(Cl)c(-c2nc(C(C(C)=O)=C(C)N)c(C)c(N3CC4(C3)CC(F)(F)C4)n2)c1. The summed E-state index contributed by atoms with van der Waals surface area (Å²) in [6.45, 7) is 6.17. The van der Waals surface area contributed by atoms with E-state index >= 15 is 0 Å². The number of anilines is 1. The molecule has 2 aromatic rings. The van der Waals surface area contributed by atoms with Gasteiger partial charge in [-0.05, 0) is 46.0 Å². The number of rotatable bonds is 9. The lowest BCUT2D eigenvalue weighted by molar-refractivity contribution is -0.170. The van der Waals surface area contributed by atoms with Crippen molar-refractivity contribution >= 4 is 28.8 Å². The van der Waals surface area contributed by atoms with Crippen LogP contribution < -0.4 is 20.7 Å². The summed E-state index contributed by atoms with van der Waals surface area (Å²) in [5, 5.41) is 13.2. The third-order valence-electron chi connectivity index (χ3n) is 6.78. The lowest BCUT2D eigenvalue weighted by Crippen LogP contribution is -2.66. The Morgan fingerprint density at radius 2 is 1.97 bits per heavy atom. The standard InChI is InChI=1S/C26H32ClF2N5O3/c1-14-22(21(15(2)30)16(3)35)32-23(33-24(14)34-12-25(13-34)10-26(28,29)11-25)19-7-18(5-6-20(19)27)37-9-17(36)8-31-4/h5-7,17,31,36H,8-13,30H2,1-4H3/t17-/m1/s1. The Bertz CT molecular complexity index is 1230. The fourth-order valence-corrected chi connectivity index (χ4v) is 5.44. The number of nitrogens with one attached hydrogen (secondary N) is 1. The van der Waals surface area contributed by atoms with Crippen molar-refractivity contribution in [3.05, 3.63) is 40.2 Å². The predicted molar refractivity (Wildman–Crippen MR) is 139 cm³/mol. The molecule has 4 N–H and O–H groups in total. The number of carbonyl (C=O) groups excluding carboxylic acids is 1. The molecular formula is C26H32ClF2N5O3. The molecule has 1 saturated carbocycles. The Kier molecular flexibility index (Phi) is 7.47. The van der Waals surface area contributed by atoms with Crippen molar-refractivity contribution in [2.24, 2.45) is 11.1 Å². The first-order valence-corrected chi connectivity index (χ1v) is 12.5. The quantitative estimate of drug-likeness (QED) is 0.418. The van der Waals surface area contributed by atoms with Gasteiger partial charge in [-0.15, -0.1) is 0 Å². The molecule has 11 heteroatoms. The van der Waals surface area contributed by atoms with Gasteiger partial charge in [0.05, 0.1) is 16.3 Å². The molecule has 1 atom stereocenters. The van der Waals surface area contributed by atoms with Crippen LogP contribution in [-0.4, -0.2) is 66.2 Å². The third kappa shape index (κ3) is 5.56. The molecule has 1 aliphatic carbocycles. The number of nitrogens with zero attached hydrogens (tertiary/aromatic N) is 3. The summed E-state index contributed by atoms with van der Waals surface area (Å²) >= 11 is 6.53. The van der Waals surface area contributed by atoms with Crippen LogP contribution in [0.2, 0.25) is 5.02 Å². The van der Waals surface area contributed by atoms with Crippen molar-refractivity contribution in [1.29, 1.82) is 0 Å². The van der Waals surface area contributed by atoms with Gasteiger partial charge in [0.2, 0.25) is 5.92 Å². The van der Waals surface area contributed by atoms with E-state index < -0.39 is 17.4 Å². The Morgan fingerprint density at radius 3 is 2.54 bits per heavy atom. The maximum Gasteiger partial charge on any atom is 0.249 e. The van der Waals surface area contributed by atoms with Crippen LogP contribution in [0.25, 0.3) is 17.0 Å². The number of nitrogens with two attached hydrogens (primary N) is 1. The van der Waals surface area contributed by atoms with Crippen LogP contribution in [-0.2, 0) is 4.79 Å². The van der Waals surface area contributed by atoms with Crippen molar-refractivity contribution < 1.29 is 23.4 Å². The maximum absolute atomic E-state index is 13.6. The topological polar surface area (TPSA) is 114 Å². The summed E-state index contributed by atoms with van der Waals surface area (Å²) in [7, 11) is 1.73. The largest absolute Gasteiger partial charge is 0.491 e. The normalized spacial score (nSPS) is 19.1. The van der Waals surface area contributed by atoms with Gasteiger partial charge in [-0.1, -0.05) is 11.6 Å². The van der Waals surface area contributed by atoms with Crippen molar-refractivity contribution in [2.45, 2.75) is 45.6 Å². The summed E-state index contributed by atoms with van der Waals surface area (Å²) < 4.78 is 32.9. The van der Waals surface area contributed by atoms with Gasteiger partial charge in [0.25, 0.3) is 0 Å². The van der Waals surface area contributed by atoms with Crippen LogP contribution in [0.5, 0.6) is 5.75 Å². The third-order valence-corrected chi connectivity index (χ3v) is 7.11. The summed E-state index contributed by atoms with van der Waals surface area (Å²) in [6, 6.07) is 4.99. The van der Waals surface area contributed by atoms with E-state index in [4.69, 9.17) is 32.0 Å². The maximum atomic E-state index is 13.6. The van der Waals surface area contributed by atoms with Crippen molar-refractivity contribution in [2.75, 3.05) is 38.2 Å².